The van der Waals surface area contributed by atoms with Crippen LogP contribution in [0.3, 0.4) is 0 Å². The zero-order chi connectivity index (χ0) is 13.5. The highest BCUT2D eigenvalue weighted by Crippen LogP contribution is 2.16. The van der Waals surface area contributed by atoms with Crippen molar-refractivity contribution in [2.75, 3.05) is 26.0 Å². The van der Waals surface area contributed by atoms with Crippen LogP contribution in [0.4, 0.5) is 5.69 Å². The lowest BCUT2D eigenvalue weighted by Crippen LogP contribution is -2.30. The fourth-order valence-corrected chi connectivity index (χ4v) is 1.54. The minimum absolute atomic E-state index is 0.0652. The van der Waals surface area contributed by atoms with E-state index in [0.717, 1.165) is 0 Å². The van der Waals surface area contributed by atoms with Gasteiger partial charge in [-0.2, -0.15) is 0 Å². The molecule has 0 aliphatic rings. The minimum Gasteiger partial charge on any atom is -0.359 e. The number of amides is 1. The maximum absolute atomic E-state index is 12.0. The summed E-state index contributed by atoms with van der Waals surface area (Å²) in [7, 11) is 3.43. The van der Waals surface area contributed by atoms with Gasteiger partial charge in [0.05, 0.1) is 11.3 Å². The third-order valence-corrected chi connectivity index (χ3v) is 2.47. The summed E-state index contributed by atoms with van der Waals surface area (Å²) in [6.07, 6.45) is 1.71. The standard InChI is InChI=1S/C13H17N3OS/c1-4-9-14-13(18)15-11-8-6-5-7-10(11)12(17)16(2)3/h4-8H,1,9H2,2-3H3,(H2,14,15,18). The molecule has 0 fully saturated rings. The van der Waals surface area contributed by atoms with Gasteiger partial charge in [0, 0.05) is 20.6 Å². The van der Waals surface area contributed by atoms with Crippen molar-refractivity contribution in [3.05, 3.63) is 42.5 Å². The van der Waals surface area contributed by atoms with Gasteiger partial charge in [-0.1, -0.05) is 18.2 Å². The highest BCUT2D eigenvalue weighted by atomic mass is 32.1. The van der Waals surface area contributed by atoms with E-state index >= 15 is 0 Å². The van der Waals surface area contributed by atoms with Gasteiger partial charge in [0.25, 0.3) is 5.91 Å². The van der Waals surface area contributed by atoms with Gasteiger partial charge in [0.2, 0.25) is 0 Å². The molecule has 0 saturated heterocycles. The third kappa shape index (κ3) is 3.85. The Morgan fingerprint density at radius 1 is 1.44 bits per heavy atom. The predicted octanol–water partition coefficient (Wildman–Crippen LogP) is 1.86. The highest BCUT2D eigenvalue weighted by Gasteiger charge is 2.12. The molecule has 1 aromatic carbocycles. The van der Waals surface area contributed by atoms with Crippen molar-refractivity contribution in [2.45, 2.75) is 0 Å². The van der Waals surface area contributed by atoms with Crippen molar-refractivity contribution in [1.29, 1.82) is 0 Å². The molecule has 0 atom stereocenters. The lowest BCUT2D eigenvalue weighted by molar-refractivity contribution is 0.0828. The van der Waals surface area contributed by atoms with Crippen LogP contribution in [-0.2, 0) is 0 Å². The minimum atomic E-state index is -0.0652. The Morgan fingerprint density at radius 3 is 2.72 bits per heavy atom. The topological polar surface area (TPSA) is 44.4 Å². The molecule has 0 aliphatic heterocycles. The van der Waals surface area contributed by atoms with Crippen LogP contribution in [-0.4, -0.2) is 36.6 Å². The predicted molar refractivity (Wildman–Crippen MR) is 78.9 cm³/mol. The Kier molecular flexibility index (Phi) is 5.32. The van der Waals surface area contributed by atoms with E-state index in [0.29, 0.717) is 22.9 Å². The van der Waals surface area contributed by atoms with Gasteiger partial charge in [-0.25, -0.2) is 0 Å². The normalized spacial score (nSPS) is 9.44. The van der Waals surface area contributed by atoms with E-state index in [1.54, 1.807) is 26.2 Å². The van der Waals surface area contributed by atoms with Crippen LogP contribution in [0.2, 0.25) is 0 Å². The van der Waals surface area contributed by atoms with E-state index in [9.17, 15) is 4.79 Å². The summed E-state index contributed by atoms with van der Waals surface area (Å²) in [5, 5.41) is 6.43. The summed E-state index contributed by atoms with van der Waals surface area (Å²) in [5.41, 5.74) is 1.28. The number of carbonyl (C=O) groups excluding carboxylic acids is 1. The first-order chi connectivity index (χ1) is 8.56. The van der Waals surface area contributed by atoms with Crippen molar-refractivity contribution in [3.63, 3.8) is 0 Å². The van der Waals surface area contributed by atoms with Crippen molar-refractivity contribution in [2.24, 2.45) is 0 Å². The SMILES string of the molecule is C=CCNC(=S)Nc1ccccc1C(=O)N(C)C. The number of para-hydroxylation sites is 1. The lowest BCUT2D eigenvalue weighted by atomic mass is 10.1. The van der Waals surface area contributed by atoms with Gasteiger partial charge in [-0.3, -0.25) is 4.79 Å². The van der Waals surface area contributed by atoms with Crippen LogP contribution < -0.4 is 10.6 Å². The molecule has 5 heteroatoms. The van der Waals surface area contributed by atoms with Crippen molar-refractivity contribution < 1.29 is 4.79 Å². The Morgan fingerprint density at radius 2 is 2.11 bits per heavy atom. The highest BCUT2D eigenvalue weighted by molar-refractivity contribution is 7.80. The van der Waals surface area contributed by atoms with Gasteiger partial charge in [-0.15, -0.1) is 6.58 Å². The lowest BCUT2D eigenvalue weighted by Gasteiger charge is -2.15. The van der Waals surface area contributed by atoms with Crippen molar-refractivity contribution >= 4 is 28.9 Å². The largest absolute Gasteiger partial charge is 0.359 e. The first kappa shape index (κ1) is 14.2. The first-order valence-corrected chi connectivity index (χ1v) is 5.93. The Hall–Kier alpha value is -1.88. The molecule has 4 nitrogen and oxygen atoms in total. The molecule has 18 heavy (non-hydrogen) atoms. The molecule has 0 saturated carbocycles. The average Bonchev–Trinajstić information content (AvgIpc) is 2.36. The maximum atomic E-state index is 12.0. The number of anilines is 1. The van der Waals surface area contributed by atoms with Gasteiger partial charge >= 0.3 is 0 Å². The third-order valence-electron chi connectivity index (χ3n) is 2.22. The molecule has 1 rings (SSSR count). The molecule has 96 valence electrons. The molecule has 0 spiro atoms. The summed E-state index contributed by atoms with van der Waals surface area (Å²) in [4.78, 5) is 13.5. The molecular weight excluding hydrogens is 246 g/mol. The average molecular weight is 263 g/mol. The molecule has 0 aliphatic carbocycles. The van der Waals surface area contributed by atoms with Gasteiger partial charge in [0.15, 0.2) is 5.11 Å². The molecule has 0 radical (unpaired) electrons. The van der Waals surface area contributed by atoms with Crippen LogP contribution in [0.15, 0.2) is 36.9 Å². The van der Waals surface area contributed by atoms with E-state index in [4.69, 9.17) is 12.2 Å². The fourth-order valence-electron chi connectivity index (χ4n) is 1.35. The Bertz CT molecular complexity index is 457. The molecule has 0 aromatic heterocycles. The number of benzene rings is 1. The summed E-state index contributed by atoms with van der Waals surface area (Å²) in [6, 6.07) is 7.26. The second-order valence-electron chi connectivity index (χ2n) is 3.87. The van der Waals surface area contributed by atoms with E-state index in [1.807, 2.05) is 18.2 Å². The van der Waals surface area contributed by atoms with Crippen LogP contribution in [0.5, 0.6) is 0 Å². The van der Waals surface area contributed by atoms with E-state index in [2.05, 4.69) is 17.2 Å². The molecule has 1 amide bonds. The van der Waals surface area contributed by atoms with E-state index < -0.39 is 0 Å². The first-order valence-electron chi connectivity index (χ1n) is 5.52. The number of nitrogens with zero attached hydrogens (tertiary/aromatic N) is 1. The maximum Gasteiger partial charge on any atom is 0.255 e. The number of thiocarbonyl (C=S) groups is 1. The van der Waals surface area contributed by atoms with Crippen molar-refractivity contribution in [1.82, 2.24) is 10.2 Å². The molecule has 0 bridgehead atoms. The smallest absolute Gasteiger partial charge is 0.255 e. The molecular formula is C13H17N3OS. The number of nitrogens with one attached hydrogen (secondary N) is 2. The van der Waals surface area contributed by atoms with Gasteiger partial charge in [0.1, 0.15) is 0 Å². The number of carbonyl (C=O) groups is 1. The molecule has 0 unspecified atom stereocenters. The van der Waals surface area contributed by atoms with E-state index in [-0.39, 0.29) is 5.91 Å². The second kappa shape index (κ2) is 6.76. The monoisotopic (exact) mass is 263 g/mol. The van der Waals surface area contributed by atoms with E-state index in [1.165, 1.54) is 4.90 Å². The summed E-state index contributed by atoms with van der Waals surface area (Å²) in [6.45, 7) is 4.18. The number of hydrogen-bond donors (Lipinski definition) is 2. The number of hydrogen-bond acceptors (Lipinski definition) is 2. The second-order valence-corrected chi connectivity index (χ2v) is 4.28. The molecule has 0 heterocycles. The zero-order valence-electron chi connectivity index (χ0n) is 10.6. The van der Waals surface area contributed by atoms with Gasteiger partial charge < -0.3 is 15.5 Å². The van der Waals surface area contributed by atoms with Crippen molar-refractivity contribution in [3.8, 4) is 0 Å². The Labute approximate surface area is 113 Å². The summed E-state index contributed by atoms with van der Waals surface area (Å²) < 4.78 is 0. The quantitative estimate of drug-likeness (QED) is 0.643. The fraction of sp³-hybridized carbons (Fsp3) is 0.231. The molecule has 2 N–H and O–H groups in total. The Balaban J connectivity index is 2.85. The van der Waals surface area contributed by atoms with Crippen LogP contribution in [0, 0.1) is 0 Å². The van der Waals surface area contributed by atoms with Crippen LogP contribution >= 0.6 is 12.2 Å². The zero-order valence-corrected chi connectivity index (χ0v) is 11.4. The summed E-state index contributed by atoms with van der Waals surface area (Å²) >= 11 is 5.12. The van der Waals surface area contributed by atoms with Crippen LogP contribution in [0.1, 0.15) is 10.4 Å². The number of rotatable bonds is 4. The van der Waals surface area contributed by atoms with Gasteiger partial charge in [-0.05, 0) is 24.4 Å². The molecule has 1 aromatic rings. The van der Waals surface area contributed by atoms with Crippen LogP contribution in [0.25, 0.3) is 0 Å². The summed E-state index contributed by atoms with van der Waals surface area (Å²) in [5.74, 6) is -0.0652.